The molecule has 0 atom stereocenters. The summed E-state index contributed by atoms with van der Waals surface area (Å²) in [4.78, 5) is 27.0. The second-order valence-electron chi connectivity index (χ2n) is 7.70. The number of aryl methyl sites for hydroxylation is 2. The summed E-state index contributed by atoms with van der Waals surface area (Å²) < 4.78 is 10.9. The highest BCUT2D eigenvalue weighted by atomic mass is 16.5. The summed E-state index contributed by atoms with van der Waals surface area (Å²) in [5.74, 6) is 1.01. The first-order valence-electron chi connectivity index (χ1n) is 9.96. The van der Waals surface area contributed by atoms with Crippen LogP contribution in [0.15, 0.2) is 44.1 Å². The topological polar surface area (TPSA) is 88.6 Å². The molecule has 1 aliphatic rings. The van der Waals surface area contributed by atoms with E-state index in [1.165, 1.54) is 11.6 Å². The maximum atomic E-state index is 12.5. The first-order chi connectivity index (χ1) is 14.0. The van der Waals surface area contributed by atoms with Crippen LogP contribution < -0.4 is 10.7 Å². The van der Waals surface area contributed by atoms with Gasteiger partial charge in [-0.1, -0.05) is 17.3 Å². The lowest BCUT2D eigenvalue weighted by Gasteiger charge is -2.31. The Morgan fingerprint density at radius 3 is 2.72 bits per heavy atom. The molecule has 0 bridgehead atoms. The SMILES string of the molecule is Cc1noc(C)c1CN1CCC(CNC(=O)c2cc(=O)c3ccccc3o2)CC1. The van der Waals surface area contributed by atoms with Gasteiger partial charge in [0.05, 0.1) is 11.1 Å². The molecule has 3 aromatic rings. The number of carbonyl (C=O) groups is 1. The predicted molar refractivity (Wildman–Crippen MR) is 109 cm³/mol. The van der Waals surface area contributed by atoms with E-state index >= 15 is 0 Å². The van der Waals surface area contributed by atoms with Crippen LogP contribution >= 0.6 is 0 Å². The van der Waals surface area contributed by atoms with Crippen molar-refractivity contribution in [1.29, 1.82) is 0 Å². The monoisotopic (exact) mass is 395 g/mol. The fourth-order valence-electron chi connectivity index (χ4n) is 3.84. The second kappa shape index (κ2) is 8.21. The molecule has 7 heteroatoms. The Bertz CT molecular complexity index is 1060. The third-order valence-electron chi connectivity index (χ3n) is 5.68. The third-order valence-corrected chi connectivity index (χ3v) is 5.68. The Morgan fingerprint density at radius 1 is 1.24 bits per heavy atom. The van der Waals surface area contributed by atoms with Crippen molar-refractivity contribution in [2.24, 2.45) is 5.92 Å². The number of hydrogen-bond acceptors (Lipinski definition) is 6. The maximum Gasteiger partial charge on any atom is 0.287 e. The number of para-hydroxylation sites is 1. The van der Waals surface area contributed by atoms with E-state index in [4.69, 9.17) is 8.94 Å². The highest BCUT2D eigenvalue weighted by Gasteiger charge is 2.22. The first kappa shape index (κ1) is 19.4. The van der Waals surface area contributed by atoms with Gasteiger partial charge in [0.15, 0.2) is 11.2 Å². The molecule has 7 nitrogen and oxygen atoms in total. The summed E-state index contributed by atoms with van der Waals surface area (Å²) in [6.07, 6.45) is 2.01. The summed E-state index contributed by atoms with van der Waals surface area (Å²) in [6, 6.07) is 8.21. The van der Waals surface area contributed by atoms with Gasteiger partial charge in [0, 0.05) is 24.7 Å². The van der Waals surface area contributed by atoms with Gasteiger partial charge in [-0.15, -0.1) is 0 Å². The zero-order valence-corrected chi connectivity index (χ0v) is 16.7. The number of hydrogen-bond donors (Lipinski definition) is 1. The predicted octanol–water partition coefficient (Wildman–Crippen LogP) is 3.04. The molecule has 0 saturated carbocycles. The number of rotatable bonds is 5. The number of nitrogens with zero attached hydrogens (tertiary/aromatic N) is 2. The fourth-order valence-corrected chi connectivity index (χ4v) is 3.84. The van der Waals surface area contributed by atoms with Gasteiger partial charge >= 0.3 is 0 Å². The second-order valence-corrected chi connectivity index (χ2v) is 7.70. The van der Waals surface area contributed by atoms with Crippen molar-refractivity contribution < 1.29 is 13.7 Å². The molecule has 152 valence electrons. The van der Waals surface area contributed by atoms with E-state index in [0.29, 0.717) is 23.4 Å². The van der Waals surface area contributed by atoms with Crippen molar-refractivity contribution in [1.82, 2.24) is 15.4 Å². The van der Waals surface area contributed by atoms with E-state index in [2.05, 4.69) is 15.4 Å². The molecule has 0 spiro atoms. The van der Waals surface area contributed by atoms with Gasteiger partial charge in [0.25, 0.3) is 5.91 Å². The van der Waals surface area contributed by atoms with Crippen LogP contribution in [0.1, 0.15) is 40.4 Å². The summed E-state index contributed by atoms with van der Waals surface area (Å²) >= 11 is 0. The van der Waals surface area contributed by atoms with Crippen LogP contribution in [0, 0.1) is 19.8 Å². The van der Waals surface area contributed by atoms with Gasteiger partial charge in [-0.05, 0) is 57.8 Å². The largest absolute Gasteiger partial charge is 0.451 e. The van der Waals surface area contributed by atoms with E-state index in [1.54, 1.807) is 24.3 Å². The molecule has 29 heavy (non-hydrogen) atoms. The Balaban J connectivity index is 1.30. The van der Waals surface area contributed by atoms with Crippen molar-refractivity contribution in [2.75, 3.05) is 19.6 Å². The lowest BCUT2D eigenvalue weighted by Crippen LogP contribution is -2.38. The molecule has 1 aromatic carbocycles. The molecule has 1 amide bonds. The van der Waals surface area contributed by atoms with Crippen LogP contribution in [-0.4, -0.2) is 35.6 Å². The van der Waals surface area contributed by atoms with Crippen LogP contribution in [0.4, 0.5) is 0 Å². The van der Waals surface area contributed by atoms with E-state index < -0.39 is 0 Å². The molecule has 1 N–H and O–H groups in total. The molecule has 0 unspecified atom stereocenters. The smallest absolute Gasteiger partial charge is 0.287 e. The van der Waals surface area contributed by atoms with Gasteiger partial charge < -0.3 is 14.3 Å². The van der Waals surface area contributed by atoms with E-state index in [0.717, 1.165) is 43.9 Å². The highest BCUT2D eigenvalue weighted by molar-refractivity contribution is 5.93. The van der Waals surface area contributed by atoms with Crippen LogP contribution in [0.25, 0.3) is 11.0 Å². The highest BCUT2D eigenvalue weighted by Crippen LogP contribution is 2.21. The summed E-state index contributed by atoms with van der Waals surface area (Å²) in [7, 11) is 0. The Hall–Kier alpha value is -2.93. The third kappa shape index (κ3) is 4.24. The number of carbonyl (C=O) groups excluding carboxylic acids is 1. The Labute approximate surface area is 168 Å². The Kier molecular flexibility index (Phi) is 5.49. The maximum absolute atomic E-state index is 12.5. The number of nitrogens with one attached hydrogen (secondary N) is 1. The van der Waals surface area contributed by atoms with Crippen LogP contribution in [0.2, 0.25) is 0 Å². The van der Waals surface area contributed by atoms with Crippen molar-refractivity contribution in [3.63, 3.8) is 0 Å². The van der Waals surface area contributed by atoms with Crippen LogP contribution in [0.5, 0.6) is 0 Å². The number of fused-ring (bicyclic) bond motifs is 1. The molecule has 1 fully saturated rings. The van der Waals surface area contributed by atoms with E-state index in [1.807, 2.05) is 13.8 Å². The first-order valence-corrected chi connectivity index (χ1v) is 9.96. The number of piperidine rings is 1. The van der Waals surface area contributed by atoms with Crippen LogP contribution in [0.3, 0.4) is 0 Å². The van der Waals surface area contributed by atoms with Crippen LogP contribution in [-0.2, 0) is 6.54 Å². The van der Waals surface area contributed by atoms with Gasteiger partial charge in [-0.2, -0.15) is 0 Å². The fraction of sp³-hybridized carbons (Fsp3) is 0.409. The summed E-state index contributed by atoms with van der Waals surface area (Å²) in [5.41, 5.74) is 2.35. The molecule has 4 rings (SSSR count). The molecular weight excluding hydrogens is 370 g/mol. The minimum absolute atomic E-state index is 0.0598. The van der Waals surface area contributed by atoms with Gasteiger partial charge in [-0.25, -0.2) is 0 Å². The quantitative estimate of drug-likeness (QED) is 0.714. The van der Waals surface area contributed by atoms with E-state index in [-0.39, 0.29) is 17.1 Å². The molecule has 0 radical (unpaired) electrons. The molecule has 3 heterocycles. The van der Waals surface area contributed by atoms with Crippen molar-refractivity contribution >= 4 is 16.9 Å². The number of aromatic nitrogens is 1. The lowest BCUT2D eigenvalue weighted by atomic mass is 9.96. The van der Waals surface area contributed by atoms with Gasteiger partial charge in [-0.3, -0.25) is 14.5 Å². The molecular formula is C22H25N3O4. The molecule has 0 aliphatic carbocycles. The number of amides is 1. The number of likely N-dealkylation sites (tertiary alicyclic amines) is 1. The van der Waals surface area contributed by atoms with Crippen molar-refractivity contribution in [3.8, 4) is 0 Å². The molecule has 1 saturated heterocycles. The van der Waals surface area contributed by atoms with E-state index in [9.17, 15) is 9.59 Å². The minimum atomic E-state index is -0.342. The normalized spacial score (nSPS) is 15.7. The van der Waals surface area contributed by atoms with Gasteiger partial charge in [0.1, 0.15) is 11.3 Å². The average Bonchev–Trinajstić information content (AvgIpc) is 3.05. The molecule has 1 aliphatic heterocycles. The standard InChI is InChI=1S/C22H25N3O4/c1-14-18(15(2)29-24-14)13-25-9-7-16(8-10-25)12-23-22(27)21-11-19(26)17-5-3-4-6-20(17)28-21/h3-6,11,16H,7-10,12-13H2,1-2H3,(H,23,27). The minimum Gasteiger partial charge on any atom is -0.451 e. The summed E-state index contributed by atoms with van der Waals surface area (Å²) in [5, 5.41) is 7.42. The lowest BCUT2D eigenvalue weighted by molar-refractivity contribution is 0.0908. The zero-order valence-electron chi connectivity index (χ0n) is 16.7. The zero-order chi connectivity index (χ0) is 20.4. The molecule has 2 aromatic heterocycles. The van der Waals surface area contributed by atoms with Crippen molar-refractivity contribution in [3.05, 3.63) is 63.3 Å². The summed E-state index contributed by atoms with van der Waals surface area (Å²) in [6.45, 7) is 7.28. The average molecular weight is 395 g/mol. The number of benzene rings is 1. The van der Waals surface area contributed by atoms with Gasteiger partial charge in [0.2, 0.25) is 0 Å². The Morgan fingerprint density at radius 2 is 2.00 bits per heavy atom. The van der Waals surface area contributed by atoms with Crippen molar-refractivity contribution in [2.45, 2.75) is 33.2 Å².